The number of halogens is 1. The predicted molar refractivity (Wildman–Crippen MR) is 110 cm³/mol. The van der Waals surface area contributed by atoms with Gasteiger partial charge in [0.1, 0.15) is 17.2 Å². The van der Waals surface area contributed by atoms with Crippen LogP contribution in [0, 0.1) is 5.82 Å². The number of ether oxygens (including phenoxy) is 1. The maximum absolute atomic E-state index is 13.3. The van der Waals surface area contributed by atoms with Crippen molar-refractivity contribution in [3.63, 3.8) is 0 Å². The summed E-state index contributed by atoms with van der Waals surface area (Å²) in [6, 6.07) is 3.69. The Hall–Kier alpha value is -2.97. The van der Waals surface area contributed by atoms with Crippen molar-refractivity contribution < 1.29 is 18.7 Å². The third-order valence-corrected chi connectivity index (χ3v) is 4.89. The van der Waals surface area contributed by atoms with Crippen molar-refractivity contribution in [1.29, 1.82) is 0 Å². The zero-order valence-corrected chi connectivity index (χ0v) is 17.7. The molecule has 1 N–H and O–H groups in total. The molecule has 1 aliphatic heterocycles. The number of carbonyl (C=O) groups excluding carboxylic acids is 2. The average molecular weight is 418 g/mol. The Morgan fingerprint density at radius 3 is 2.70 bits per heavy atom. The number of rotatable bonds is 3. The summed E-state index contributed by atoms with van der Waals surface area (Å²) in [6.07, 6.45) is 0.0584. The highest BCUT2D eigenvalue weighted by Gasteiger charge is 2.31. The van der Waals surface area contributed by atoms with Crippen molar-refractivity contribution in [2.45, 2.75) is 52.2 Å². The number of hydrogen-bond donors (Lipinski definition) is 1. The van der Waals surface area contributed by atoms with Gasteiger partial charge in [0.15, 0.2) is 0 Å². The van der Waals surface area contributed by atoms with E-state index in [1.807, 2.05) is 27.7 Å². The molecule has 0 radical (unpaired) electrons. The first-order valence-corrected chi connectivity index (χ1v) is 9.99. The van der Waals surface area contributed by atoms with Gasteiger partial charge in [-0.3, -0.25) is 9.59 Å². The van der Waals surface area contributed by atoms with Crippen LogP contribution in [-0.2, 0) is 16.0 Å². The Balaban J connectivity index is 1.59. The summed E-state index contributed by atoms with van der Waals surface area (Å²) < 4.78 is 18.7. The Morgan fingerprint density at radius 2 is 2.03 bits per heavy atom. The van der Waals surface area contributed by atoms with Crippen LogP contribution in [0.5, 0.6) is 0 Å². The van der Waals surface area contributed by atoms with E-state index in [4.69, 9.17) is 4.74 Å². The summed E-state index contributed by atoms with van der Waals surface area (Å²) in [6.45, 7) is 8.56. The van der Waals surface area contributed by atoms with Crippen LogP contribution >= 0.6 is 0 Å². The number of nitrogens with one attached hydrogen (secondary N) is 1. The van der Waals surface area contributed by atoms with Crippen LogP contribution in [0.2, 0.25) is 0 Å². The zero-order valence-electron chi connectivity index (χ0n) is 17.7. The SMILES string of the molecule is C[C@H]1CN(C(=O)OC(C)(C)C)CCN1C(=O)CCc1nc2ccc(F)cc2c(=O)[nH]1. The first-order chi connectivity index (χ1) is 14.0. The van der Waals surface area contributed by atoms with Gasteiger partial charge in [0.25, 0.3) is 5.56 Å². The van der Waals surface area contributed by atoms with Gasteiger partial charge in [0.05, 0.1) is 10.9 Å². The van der Waals surface area contributed by atoms with E-state index in [1.165, 1.54) is 12.1 Å². The number of amides is 2. The number of fused-ring (bicyclic) bond motifs is 1. The van der Waals surface area contributed by atoms with Gasteiger partial charge < -0.3 is 19.5 Å². The van der Waals surface area contributed by atoms with Crippen molar-refractivity contribution in [3.8, 4) is 0 Å². The van der Waals surface area contributed by atoms with Gasteiger partial charge in [-0.15, -0.1) is 0 Å². The van der Waals surface area contributed by atoms with E-state index in [9.17, 15) is 18.8 Å². The second kappa shape index (κ2) is 8.41. The first kappa shape index (κ1) is 21.7. The highest BCUT2D eigenvalue weighted by atomic mass is 19.1. The van der Waals surface area contributed by atoms with Gasteiger partial charge in [-0.1, -0.05) is 0 Å². The molecule has 1 aromatic heterocycles. The molecule has 3 rings (SSSR count). The molecule has 0 unspecified atom stereocenters. The fourth-order valence-corrected chi connectivity index (χ4v) is 3.47. The molecule has 30 heavy (non-hydrogen) atoms. The van der Waals surface area contributed by atoms with E-state index in [1.54, 1.807) is 9.80 Å². The van der Waals surface area contributed by atoms with Crippen LogP contribution < -0.4 is 5.56 Å². The summed E-state index contributed by atoms with van der Waals surface area (Å²) in [7, 11) is 0. The summed E-state index contributed by atoms with van der Waals surface area (Å²) >= 11 is 0. The Labute approximate surface area is 174 Å². The second-order valence-corrected chi connectivity index (χ2v) is 8.54. The molecule has 2 aromatic rings. The van der Waals surface area contributed by atoms with Gasteiger partial charge in [0.2, 0.25) is 5.91 Å². The molecule has 162 valence electrons. The molecule has 2 amide bonds. The number of benzene rings is 1. The van der Waals surface area contributed by atoms with Gasteiger partial charge in [0, 0.05) is 38.5 Å². The number of hydrogen-bond acceptors (Lipinski definition) is 5. The summed E-state index contributed by atoms with van der Waals surface area (Å²) in [5.74, 6) is -0.196. The van der Waals surface area contributed by atoms with Gasteiger partial charge >= 0.3 is 6.09 Å². The third kappa shape index (κ3) is 5.14. The molecular weight excluding hydrogens is 391 g/mol. The molecule has 9 heteroatoms. The molecular formula is C21H27FN4O4. The fourth-order valence-electron chi connectivity index (χ4n) is 3.47. The molecule has 0 saturated carbocycles. The molecule has 8 nitrogen and oxygen atoms in total. The van der Waals surface area contributed by atoms with Gasteiger partial charge in [-0.2, -0.15) is 0 Å². The number of aromatic amines is 1. The molecule has 0 aliphatic carbocycles. The van der Waals surface area contributed by atoms with E-state index in [0.717, 1.165) is 6.07 Å². The van der Waals surface area contributed by atoms with Crippen molar-refractivity contribution >= 4 is 22.9 Å². The highest BCUT2D eigenvalue weighted by Crippen LogP contribution is 2.16. The largest absolute Gasteiger partial charge is 0.444 e. The molecule has 0 spiro atoms. The number of aromatic nitrogens is 2. The smallest absolute Gasteiger partial charge is 0.410 e. The van der Waals surface area contributed by atoms with Crippen LogP contribution in [-0.4, -0.2) is 63.0 Å². The van der Waals surface area contributed by atoms with Crippen molar-refractivity contribution in [2.24, 2.45) is 0 Å². The van der Waals surface area contributed by atoms with Crippen molar-refractivity contribution in [2.75, 3.05) is 19.6 Å². The Bertz CT molecular complexity index is 1010. The summed E-state index contributed by atoms with van der Waals surface area (Å²) in [5, 5.41) is 0.178. The average Bonchev–Trinajstić information content (AvgIpc) is 2.65. The number of carbonyl (C=O) groups is 2. The van der Waals surface area contributed by atoms with E-state index < -0.39 is 17.0 Å². The molecule has 2 heterocycles. The van der Waals surface area contributed by atoms with Crippen molar-refractivity contribution in [1.82, 2.24) is 19.8 Å². The van der Waals surface area contributed by atoms with Gasteiger partial charge in [-0.05, 0) is 45.9 Å². The number of H-pyrrole nitrogens is 1. The van der Waals surface area contributed by atoms with Gasteiger partial charge in [-0.25, -0.2) is 14.2 Å². The van der Waals surface area contributed by atoms with E-state index in [-0.39, 0.29) is 36.3 Å². The Kier molecular flexibility index (Phi) is 6.09. The minimum atomic E-state index is -0.567. The lowest BCUT2D eigenvalue weighted by molar-refractivity contribution is -0.135. The summed E-state index contributed by atoms with van der Waals surface area (Å²) in [4.78, 5) is 47.4. The topological polar surface area (TPSA) is 95.6 Å². The minimum Gasteiger partial charge on any atom is -0.444 e. The quantitative estimate of drug-likeness (QED) is 0.826. The molecule has 1 aliphatic rings. The lowest BCUT2D eigenvalue weighted by Crippen LogP contribution is -2.56. The predicted octanol–water partition coefficient (Wildman–Crippen LogP) is 2.46. The first-order valence-electron chi connectivity index (χ1n) is 9.99. The highest BCUT2D eigenvalue weighted by molar-refractivity contribution is 5.78. The van der Waals surface area contributed by atoms with E-state index in [0.29, 0.717) is 31.0 Å². The van der Waals surface area contributed by atoms with Crippen LogP contribution in [0.1, 0.15) is 39.9 Å². The maximum atomic E-state index is 13.3. The van der Waals surface area contributed by atoms with E-state index in [2.05, 4.69) is 9.97 Å². The number of aryl methyl sites for hydroxylation is 1. The Morgan fingerprint density at radius 1 is 1.30 bits per heavy atom. The molecule has 1 atom stereocenters. The molecule has 1 fully saturated rings. The summed E-state index contributed by atoms with van der Waals surface area (Å²) in [5.41, 5.74) is -0.605. The lowest BCUT2D eigenvalue weighted by Gasteiger charge is -2.40. The normalized spacial score (nSPS) is 17.3. The number of nitrogens with zero attached hydrogens (tertiary/aromatic N) is 3. The second-order valence-electron chi connectivity index (χ2n) is 8.54. The van der Waals surface area contributed by atoms with Crippen LogP contribution in [0.3, 0.4) is 0 Å². The molecule has 1 saturated heterocycles. The lowest BCUT2D eigenvalue weighted by atomic mass is 10.1. The fraction of sp³-hybridized carbons (Fsp3) is 0.524. The standard InChI is InChI=1S/C21H27FN4O4/c1-13-12-25(20(29)30-21(2,3)4)9-10-26(13)18(27)8-7-17-23-16-6-5-14(22)11-15(16)19(28)24-17/h5-6,11,13H,7-10,12H2,1-4H3,(H,23,24,28)/t13-/m0/s1. The van der Waals surface area contributed by atoms with E-state index >= 15 is 0 Å². The third-order valence-electron chi connectivity index (χ3n) is 4.89. The maximum Gasteiger partial charge on any atom is 0.410 e. The minimum absolute atomic E-state index is 0.0757. The monoisotopic (exact) mass is 418 g/mol. The molecule has 0 bridgehead atoms. The number of piperazine rings is 1. The van der Waals surface area contributed by atoms with Crippen LogP contribution in [0.15, 0.2) is 23.0 Å². The van der Waals surface area contributed by atoms with Crippen LogP contribution in [0.25, 0.3) is 10.9 Å². The molecule has 1 aromatic carbocycles. The van der Waals surface area contributed by atoms with Crippen LogP contribution in [0.4, 0.5) is 9.18 Å². The zero-order chi connectivity index (χ0) is 22.1. The van der Waals surface area contributed by atoms with Crippen molar-refractivity contribution in [3.05, 3.63) is 40.2 Å².